The summed E-state index contributed by atoms with van der Waals surface area (Å²) in [7, 11) is 0. The molecule has 2 aromatic carbocycles. The van der Waals surface area contributed by atoms with Crippen molar-refractivity contribution in [2.24, 2.45) is 0 Å². The second-order valence-corrected chi connectivity index (χ2v) is 6.73. The van der Waals surface area contributed by atoms with Crippen molar-refractivity contribution < 1.29 is 4.55 Å². The van der Waals surface area contributed by atoms with Gasteiger partial charge in [0.05, 0.1) is 0 Å². The number of hydrogen-bond donors (Lipinski definition) is 1. The standard InChI is InChI=1S/C16H14N4OS/c1-2-10-3-6-14-13(7-10)8-11-4-5-12(9-15(11)22(14)21)16-17-19-20-18-16/h3-7,9H,2,8H2,1H3,(H,17,18,19,20). The van der Waals surface area contributed by atoms with Gasteiger partial charge in [0.15, 0.2) is 15.6 Å². The number of fused-ring (bicyclic) bond motifs is 2. The van der Waals surface area contributed by atoms with E-state index in [1.807, 2.05) is 24.3 Å². The zero-order valence-corrected chi connectivity index (χ0v) is 12.9. The molecule has 110 valence electrons. The van der Waals surface area contributed by atoms with Crippen molar-refractivity contribution in [1.82, 2.24) is 20.6 Å². The third kappa shape index (κ3) is 2.12. The average Bonchev–Trinajstić information content (AvgIpc) is 3.09. The fraction of sp³-hybridized carbons (Fsp3) is 0.188. The van der Waals surface area contributed by atoms with Crippen LogP contribution < -0.4 is 0 Å². The van der Waals surface area contributed by atoms with Gasteiger partial charge in [-0.2, -0.15) is 0 Å². The van der Waals surface area contributed by atoms with Crippen LogP contribution in [0, 0.1) is 0 Å². The molecule has 0 bridgehead atoms. The molecule has 1 aliphatic heterocycles. The van der Waals surface area contributed by atoms with E-state index in [-0.39, 0.29) is 0 Å². The number of rotatable bonds is 2. The van der Waals surface area contributed by atoms with Crippen molar-refractivity contribution in [2.75, 3.05) is 0 Å². The van der Waals surface area contributed by atoms with Gasteiger partial charge in [-0.15, -0.1) is 5.10 Å². The molecular formula is C16H14N4OS. The first-order valence-corrected chi connectivity index (χ1v) is 8.32. The average molecular weight is 310 g/mol. The lowest BCUT2D eigenvalue weighted by molar-refractivity contribution is 0.590. The molecule has 0 saturated carbocycles. The van der Waals surface area contributed by atoms with Crippen LogP contribution in [0.15, 0.2) is 46.2 Å². The lowest BCUT2D eigenvalue weighted by Crippen LogP contribution is -2.15. The molecule has 3 aromatic rings. The molecule has 0 saturated heterocycles. The largest absolute Gasteiger partial charge is 0.606 e. The third-order valence-electron chi connectivity index (χ3n) is 4.00. The molecule has 0 aliphatic carbocycles. The molecule has 2 heterocycles. The van der Waals surface area contributed by atoms with Crippen LogP contribution in [-0.4, -0.2) is 25.2 Å². The van der Waals surface area contributed by atoms with Crippen LogP contribution in [0.1, 0.15) is 23.6 Å². The quantitative estimate of drug-likeness (QED) is 0.738. The highest BCUT2D eigenvalue weighted by atomic mass is 32.2. The Morgan fingerprint density at radius 2 is 2.05 bits per heavy atom. The van der Waals surface area contributed by atoms with Crippen LogP contribution in [0.4, 0.5) is 0 Å². The molecule has 1 aliphatic rings. The number of benzene rings is 2. The van der Waals surface area contributed by atoms with Gasteiger partial charge in [0, 0.05) is 40.4 Å². The van der Waals surface area contributed by atoms with E-state index >= 15 is 0 Å². The van der Waals surface area contributed by atoms with Gasteiger partial charge in [0.1, 0.15) is 0 Å². The maximum atomic E-state index is 12.9. The molecule has 5 nitrogen and oxygen atoms in total. The highest BCUT2D eigenvalue weighted by Crippen LogP contribution is 2.36. The summed E-state index contributed by atoms with van der Waals surface area (Å²) >= 11 is -1.15. The van der Waals surface area contributed by atoms with Crippen molar-refractivity contribution in [3.63, 3.8) is 0 Å². The lowest BCUT2D eigenvalue weighted by atomic mass is 10.00. The van der Waals surface area contributed by atoms with Gasteiger partial charge in [0.25, 0.3) is 0 Å². The molecule has 0 spiro atoms. The molecule has 0 fully saturated rings. The van der Waals surface area contributed by atoms with Crippen LogP contribution in [0.2, 0.25) is 0 Å². The van der Waals surface area contributed by atoms with Gasteiger partial charge in [-0.05, 0) is 28.5 Å². The minimum Gasteiger partial charge on any atom is -0.606 e. The summed E-state index contributed by atoms with van der Waals surface area (Å²) in [5.74, 6) is 0.590. The summed E-state index contributed by atoms with van der Waals surface area (Å²) in [6, 6.07) is 12.1. The van der Waals surface area contributed by atoms with Crippen molar-refractivity contribution in [2.45, 2.75) is 29.6 Å². The number of tetrazole rings is 1. The third-order valence-corrected chi connectivity index (χ3v) is 5.58. The zero-order valence-electron chi connectivity index (χ0n) is 12.0. The summed E-state index contributed by atoms with van der Waals surface area (Å²) < 4.78 is 12.9. The maximum Gasteiger partial charge on any atom is 0.179 e. The van der Waals surface area contributed by atoms with Gasteiger partial charge in [-0.25, -0.2) is 5.10 Å². The molecule has 1 unspecified atom stereocenters. The number of nitrogens with one attached hydrogen (secondary N) is 1. The Bertz CT molecular complexity index is 832. The second kappa shape index (κ2) is 5.23. The van der Waals surface area contributed by atoms with Crippen molar-refractivity contribution >= 4 is 11.2 Å². The smallest absolute Gasteiger partial charge is 0.179 e. The number of H-pyrrole nitrogens is 1. The van der Waals surface area contributed by atoms with Gasteiger partial charge in [-0.1, -0.05) is 31.2 Å². The molecule has 1 N–H and O–H groups in total. The maximum absolute atomic E-state index is 12.9. The van der Waals surface area contributed by atoms with Crippen LogP contribution in [0.5, 0.6) is 0 Å². The van der Waals surface area contributed by atoms with E-state index in [0.29, 0.717) is 5.82 Å². The number of hydrogen-bond acceptors (Lipinski definition) is 4. The second-order valence-electron chi connectivity index (χ2n) is 5.31. The molecule has 22 heavy (non-hydrogen) atoms. The van der Waals surface area contributed by atoms with Crippen molar-refractivity contribution in [1.29, 1.82) is 0 Å². The predicted molar refractivity (Wildman–Crippen MR) is 82.9 cm³/mol. The first kappa shape index (κ1) is 13.5. The van der Waals surface area contributed by atoms with E-state index in [4.69, 9.17) is 0 Å². The minimum atomic E-state index is -1.15. The van der Waals surface area contributed by atoms with E-state index in [2.05, 4.69) is 39.7 Å². The van der Waals surface area contributed by atoms with Gasteiger partial charge in [-0.3, -0.25) is 0 Å². The van der Waals surface area contributed by atoms with Gasteiger partial charge < -0.3 is 4.55 Å². The monoisotopic (exact) mass is 310 g/mol. The van der Waals surface area contributed by atoms with Gasteiger partial charge in [0.2, 0.25) is 0 Å². The summed E-state index contributed by atoms with van der Waals surface area (Å²) in [6.45, 7) is 2.13. The molecular weight excluding hydrogens is 296 g/mol. The van der Waals surface area contributed by atoms with Crippen LogP contribution in [-0.2, 0) is 24.0 Å². The Morgan fingerprint density at radius 3 is 2.82 bits per heavy atom. The van der Waals surface area contributed by atoms with E-state index in [1.165, 1.54) is 11.1 Å². The lowest BCUT2D eigenvalue weighted by Gasteiger charge is -2.22. The first-order valence-electron chi connectivity index (χ1n) is 7.17. The number of aromatic amines is 1. The zero-order chi connectivity index (χ0) is 15.1. The normalized spacial score (nSPS) is 16.2. The molecule has 4 rings (SSSR count). The Kier molecular flexibility index (Phi) is 3.20. The van der Waals surface area contributed by atoms with Crippen molar-refractivity contribution in [3.8, 4) is 11.4 Å². The Hall–Kier alpha value is -2.18. The summed E-state index contributed by atoms with van der Waals surface area (Å²) in [5.41, 5.74) is 4.41. The van der Waals surface area contributed by atoms with Gasteiger partial charge >= 0.3 is 0 Å². The number of aryl methyl sites for hydroxylation is 1. The SMILES string of the molecule is CCc1ccc2c(c1)Cc1ccc(-c3nnn[nH]3)cc1[S+]2[O-]. The molecule has 0 radical (unpaired) electrons. The van der Waals surface area contributed by atoms with Crippen LogP contribution >= 0.6 is 0 Å². The predicted octanol–water partition coefficient (Wildman–Crippen LogP) is 2.50. The summed E-state index contributed by atoms with van der Waals surface area (Å²) in [5, 5.41) is 13.8. The molecule has 1 aromatic heterocycles. The summed E-state index contributed by atoms with van der Waals surface area (Å²) in [6.07, 6.45) is 1.81. The minimum absolute atomic E-state index is 0.590. The number of nitrogens with zero attached hydrogens (tertiary/aromatic N) is 3. The van der Waals surface area contributed by atoms with E-state index in [9.17, 15) is 4.55 Å². The Labute approximate surface area is 131 Å². The highest BCUT2D eigenvalue weighted by Gasteiger charge is 2.29. The first-order chi connectivity index (χ1) is 10.8. The fourth-order valence-corrected chi connectivity index (χ4v) is 4.21. The molecule has 0 amide bonds. The van der Waals surface area contributed by atoms with Crippen LogP contribution in [0.25, 0.3) is 11.4 Å². The fourth-order valence-electron chi connectivity index (χ4n) is 2.80. The summed E-state index contributed by atoms with van der Waals surface area (Å²) in [4.78, 5) is 1.77. The highest BCUT2D eigenvalue weighted by molar-refractivity contribution is 7.91. The molecule has 1 atom stereocenters. The molecule has 6 heteroatoms. The van der Waals surface area contributed by atoms with E-state index in [0.717, 1.165) is 33.8 Å². The van der Waals surface area contributed by atoms with Crippen LogP contribution in [0.3, 0.4) is 0 Å². The van der Waals surface area contributed by atoms with E-state index < -0.39 is 11.2 Å². The topological polar surface area (TPSA) is 77.5 Å². The number of aromatic nitrogens is 4. The Balaban J connectivity index is 1.79. The van der Waals surface area contributed by atoms with Crippen molar-refractivity contribution in [3.05, 3.63) is 53.1 Å². The Morgan fingerprint density at radius 1 is 1.14 bits per heavy atom. The van der Waals surface area contributed by atoms with E-state index in [1.54, 1.807) is 0 Å².